The molecule has 0 amide bonds. The Bertz CT molecular complexity index is 277. The minimum absolute atomic E-state index is 0.00709. The standard InChI is InChI=1S/C8H15N3OS2/c1-3-7-10-8(14-11-7)13-6(4-12)5(2)9/h5-6,12H,3-4,9H2,1-2H3. The van der Waals surface area contributed by atoms with Crippen molar-refractivity contribution in [3.8, 4) is 0 Å². The predicted octanol–water partition coefficient (Wildman–Crippen LogP) is 0.901. The molecule has 2 unspecified atom stereocenters. The van der Waals surface area contributed by atoms with Crippen LogP contribution in [0.1, 0.15) is 19.7 Å². The van der Waals surface area contributed by atoms with Crippen molar-refractivity contribution in [3.63, 3.8) is 0 Å². The second-order valence-corrected chi connectivity index (χ2v) is 5.27. The summed E-state index contributed by atoms with van der Waals surface area (Å²) in [5.41, 5.74) is 5.71. The van der Waals surface area contributed by atoms with Crippen molar-refractivity contribution in [3.05, 3.63) is 5.82 Å². The Labute approximate surface area is 92.1 Å². The molecule has 0 aliphatic heterocycles. The predicted molar refractivity (Wildman–Crippen MR) is 59.7 cm³/mol. The van der Waals surface area contributed by atoms with Gasteiger partial charge in [-0.25, -0.2) is 4.98 Å². The molecule has 6 heteroatoms. The molecule has 1 aromatic heterocycles. The van der Waals surface area contributed by atoms with E-state index in [9.17, 15) is 0 Å². The topological polar surface area (TPSA) is 72.0 Å². The highest BCUT2D eigenvalue weighted by molar-refractivity contribution is 8.01. The molecule has 1 heterocycles. The van der Waals surface area contributed by atoms with Crippen LogP contribution in [0.15, 0.2) is 4.34 Å². The van der Waals surface area contributed by atoms with Crippen LogP contribution in [-0.2, 0) is 6.42 Å². The van der Waals surface area contributed by atoms with Crippen LogP contribution >= 0.6 is 23.3 Å². The fourth-order valence-electron chi connectivity index (χ4n) is 0.870. The number of hydrogen-bond acceptors (Lipinski definition) is 6. The highest BCUT2D eigenvalue weighted by Crippen LogP contribution is 2.26. The zero-order chi connectivity index (χ0) is 10.6. The number of nitrogens with zero attached hydrogens (tertiary/aromatic N) is 2. The molecule has 0 fully saturated rings. The monoisotopic (exact) mass is 233 g/mol. The lowest BCUT2D eigenvalue weighted by Crippen LogP contribution is -2.31. The fraction of sp³-hybridized carbons (Fsp3) is 0.750. The molecule has 4 nitrogen and oxygen atoms in total. The molecule has 80 valence electrons. The summed E-state index contributed by atoms with van der Waals surface area (Å²) in [6.45, 7) is 3.98. The summed E-state index contributed by atoms with van der Waals surface area (Å²) in [7, 11) is 0. The number of aliphatic hydroxyl groups is 1. The largest absolute Gasteiger partial charge is 0.395 e. The van der Waals surface area contributed by atoms with Crippen LogP contribution in [-0.4, -0.2) is 32.4 Å². The number of thioether (sulfide) groups is 1. The van der Waals surface area contributed by atoms with Gasteiger partial charge in [0.2, 0.25) is 0 Å². The van der Waals surface area contributed by atoms with Crippen LogP contribution in [0, 0.1) is 0 Å². The normalized spacial score (nSPS) is 15.4. The van der Waals surface area contributed by atoms with Gasteiger partial charge in [0, 0.05) is 17.7 Å². The van der Waals surface area contributed by atoms with Gasteiger partial charge in [0.05, 0.1) is 6.61 Å². The first-order chi connectivity index (χ1) is 6.67. The molecule has 2 atom stereocenters. The second-order valence-electron chi connectivity index (χ2n) is 3.03. The second kappa shape index (κ2) is 5.65. The van der Waals surface area contributed by atoms with E-state index < -0.39 is 0 Å². The zero-order valence-corrected chi connectivity index (χ0v) is 9.94. The van der Waals surface area contributed by atoms with E-state index in [2.05, 4.69) is 9.36 Å². The minimum Gasteiger partial charge on any atom is -0.395 e. The van der Waals surface area contributed by atoms with Gasteiger partial charge in [0.25, 0.3) is 0 Å². The van der Waals surface area contributed by atoms with Crippen LogP contribution in [0.3, 0.4) is 0 Å². The molecular formula is C8H15N3OS2. The molecule has 0 saturated heterocycles. The van der Waals surface area contributed by atoms with E-state index in [-0.39, 0.29) is 17.9 Å². The molecule has 0 saturated carbocycles. The minimum atomic E-state index is -0.0426. The molecule has 3 N–H and O–H groups in total. The first-order valence-electron chi connectivity index (χ1n) is 4.53. The highest BCUT2D eigenvalue weighted by Gasteiger charge is 2.16. The van der Waals surface area contributed by atoms with E-state index in [1.165, 1.54) is 23.3 Å². The van der Waals surface area contributed by atoms with Crippen molar-refractivity contribution >= 4 is 23.3 Å². The number of nitrogens with two attached hydrogens (primary N) is 1. The Kier molecular flexibility index (Phi) is 4.80. The van der Waals surface area contributed by atoms with Crippen LogP contribution in [0.2, 0.25) is 0 Å². The van der Waals surface area contributed by atoms with Crippen molar-refractivity contribution in [2.75, 3.05) is 6.61 Å². The third-order valence-electron chi connectivity index (χ3n) is 1.78. The van der Waals surface area contributed by atoms with Crippen molar-refractivity contribution in [1.29, 1.82) is 0 Å². The van der Waals surface area contributed by atoms with Crippen molar-refractivity contribution in [1.82, 2.24) is 9.36 Å². The maximum absolute atomic E-state index is 9.08. The lowest BCUT2D eigenvalue weighted by atomic mass is 10.3. The molecule has 14 heavy (non-hydrogen) atoms. The Balaban J connectivity index is 2.57. The fourth-order valence-corrected chi connectivity index (χ4v) is 2.73. The summed E-state index contributed by atoms with van der Waals surface area (Å²) in [6, 6.07) is -0.0426. The van der Waals surface area contributed by atoms with Gasteiger partial charge in [-0.2, -0.15) is 4.37 Å². The summed E-state index contributed by atoms with van der Waals surface area (Å²) in [5, 5.41) is 9.08. The number of hydrogen-bond donors (Lipinski definition) is 2. The van der Waals surface area contributed by atoms with Crippen molar-refractivity contribution < 1.29 is 5.11 Å². The molecule has 0 aliphatic rings. The lowest BCUT2D eigenvalue weighted by molar-refractivity contribution is 0.285. The van der Waals surface area contributed by atoms with E-state index in [1.807, 2.05) is 13.8 Å². The van der Waals surface area contributed by atoms with Crippen molar-refractivity contribution in [2.24, 2.45) is 5.73 Å². The summed E-state index contributed by atoms with van der Waals surface area (Å²) < 4.78 is 5.06. The summed E-state index contributed by atoms with van der Waals surface area (Å²) >= 11 is 2.87. The first-order valence-corrected chi connectivity index (χ1v) is 6.18. The third-order valence-corrected chi connectivity index (χ3v) is 4.02. The highest BCUT2D eigenvalue weighted by atomic mass is 32.2. The quantitative estimate of drug-likeness (QED) is 0.739. The van der Waals surface area contributed by atoms with Crippen LogP contribution < -0.4 is 5.73 Å². The molecule has 0 bridgehead atoms. The molecule has 0 aromatic carbocycles. The summed E-state index contributed by atoms with van der Waals surface area (Å²) in [6.07, 6.45) is 0.846. The van der Waals surface area contributed by atoms with E-state index in [0.29, 0.717) is 0 Å². The number of aromatic nitrogens is 2. The molecular weight excluding hydrogens is 218 g/mol. The molecule has 1 rings (SSSR count). The summed E-state index contributed by atoms with van der Waals surface area (Å²) in [5.74, 6) is 0.860. The Hall–Kier alpha value is -0.170. The van der Waals surface area contributed by atoms with Gasteiger partial charge in [-0.05, 0) is 18.5 Å². The SMILES string of the molecule is CCc1nsc(SC(CO)C(C)N)n1. The Morgan fingerprint density at radius 1 is 1.64 bits per heavy atom. The van der Waals surface area contributed by atoms with Gasteiger partial charge in [-0.3, -0.25) is 0 Å². The molecule has 1 aromatic rings. The Morgan fingerprint density at radius 2 is 2.36 bits per heavy atom. The summed E-state index contributed by atoms with van der Waals surface area (Å²) in [4.78, 5) is 4.30. The molecule has 0 radical (unpaired) electrons. The van der Waals surface area contributed by atoms with E-state index in [1.54, 1.807) is 0 Å². The van der Waals surface area contributed by atoms with E-state index in [4.69, 9.17) is 10.8 Å². The van der Waals surface area contributed by atoms with Gasteiger partial charge in [-0.15, -0.1) is 0 Å². The first kappa shape index (κ1) is 11.9. The number of aliphatic hydroxyl groups excluding tert-OH is 1. The maximum Gasteiger partial charge on any atom is 0.170 e. The number of aryl methyl sites for hydroxylation is 1. The van der Waals surface area contributed by atoms with Gasteiger partial charge in [0.15, 0.2) is 4.34 Å². The average molecular weight is 233 g/mol. The maximum atomic E-state index is 9.08. The van der Waals surface area contributed by atoms with Gasteiger partial charge >= 0.3 is 0 Å². The van der Waals surface area contributed by atoms with Gasteiger partial charge in [0.1, 0.15) is 5.82 Å². The zero-order valence-electron chi connectivity index (χ0n) is 8.30. The van der Waals surface area contributed by atoms with Crippen molar-refractivity contribution in [2.45, 2.75) is 35.9 Å². The average Bonchev–Trinajstić information content (AvgIpc) is 2.61. The smallest absolute Gasteiger partial charge is 0.170 e. The van der Waals surface area contributed by atoms with Gasteiger partial charge in [-0.1, -0.05) is 18.7 Å². The van der Waals surface area contributed by atoms with Crippen LogP contribution in [0.25, 0.3) is 0 Å². The Morgan fingerprint density at radius 3 is 2.79 bits per heavy atom. The van der Waals surface area contributed by atoms with Gasteiger partial charge < -0.3 is 10.8 Å². The van der Waals surface area contributed by atoms with Crippen LogP contribution in [0.4, 0.5) is 0 Å². The van der Waals surface area contributed by atoms with E-state index >= 15 is 0 Å². The van der Waals surface area contributed by atoms with Crippen LogP contribution in [0.5, 0.6) is 0 Å². The van der Waals surface area contributed by atoms with E-state index in [0.717, 1.165) is 16.6 Å². The third kappa shape index (κ3) is 3.20. The number of rotatable bonds is 5. The molecule has 0 spiro atoms. The molecule has 0 aliphatic carbocycles. The lowest BCUT2D eigenvalue weighted by Gasteiger charge is -2.15.